The van der Waals surface area contributed by atoms with E-state index in [0.29, 0.717) is 12.0 Å². The minimum atomic E-state index is 0.483. The number of aromatic nitrogens is 1. The molecule has 1 heterocycles. The lowest BCUT2D eigenvalue weighted by molar-refractivity contribution is 0.560. The number of pyridine rings is 1. The standard InChI is InChI=1S/C11H18N2S/c1-8(2)9(3)13-10-5-6-11(14-4)12-7-10/h5-9,13H,1-4H3. The van der Waals surface area contributed by atoms with Crippen LogP contribution in [0, 0.1) is 5.92 Å². The predicted octanol–water partition coefficient (Wildman–Crippen LogP) is 3.26. The fourth-order valence-electron chi connectivity index (χ4n) is 1.02. The Hall–Kier alpha value is -0.700. The molecule has 0 spiro atoms. The van der Waals surface area contributed by atoms with Crippen molar-refractivity contribution in [3.8, 4) is 0 Å². The first kappa shape index (κ1) is 11.4. The molecule has 0 amide bonds. The molecular formula is C11H18N2S. The smallest absolute Gasteiger partial charge is 0.0958 e. The second-order valence-electron chi connectivity index (χ2n) is 3.77. The first-order valence-electron chi connectivity index (χ1n) is 4.90. The highest BCUT2D eigenvalue weighted by atomic mass is 32.2. The number of anilines is 1. The van der Waals surface area contributed by atoms with Gasteiger partial charge in [0.1, 0.15) is 0 Å². The molecule has 0 saturated heterocycles. The number of thioether (sulfide) groups is 1. The largest absolute Gasteiger partial charge is 0.381 e. The van der Waals surface area contributed by atoms with Gasteiger partial charge < -0.3 is 5.32 Å². The Labute approximate surface area is 90.5 Å². The van der Waals surface area contributed by atoms with Crippen molar-refractivity contribution in [1.82, 2.24) is 4.98 Å². The molecule has 1 rings (SSSR count). The Kier molecular flexibility index (Phi) is 4.26. The summed E-state index contributed by atoms with van der Waals surface area (Å²) in [4.78, 5) is 4.31. The molecule has 1 unspecified atom stereocenters. The van der Waals surface area contributed by atoms with Gasteiger partial charge in [-0.3, -0.25) is 0 Å². The zero-order valence-electron chi connectivity index (χ0n) is 9.24. The van der Waals surface area contributed by atoms with Gasteiger partial charge in [-0.1, -0.05) is 13.8 Å². The number of nitrogens with one attached hydrogen (secondary N) is 1. The van der Waals surface area contributed by atoms with Crippen LogP contribution in [0.1, 0.15) is 20.8 Å². The molecule has 0 saturated carbocycles. The lowest BCUT2D eigenvalue weighted by Gasteiger charge is -2.18. The van der Waals surface area contributed by atoms with E-state index < -0.39 is 0 Å². The van der Waals surface area contributed by atoms with Gasteiger partial charge in [0, 0.05) is 6.04 Å². The Morgan fingerprint density at radius 1 is 1.29 bits per heavy atom. The van der Waals surface area contributed by atoms with Crippen molar-refractivity contribution in [2.45, 2.75) is 31.8 Å². The molecule has 1 aromatic heterocycles. The zero-order valence-corrected chi connectivity index (χ0v) is 10.1. The summed E-state index contributed by atoms with van der Waals surface area (Å²) in [6.07, 6.45) is 3.93. The zero-order chi connectivity index (χ0) is 10.6. The van der Waals surface area contributed by atoms with E-state index in [4.69, 9.17) is 0 Å². The normalized spacial score (nSPS) is 12.9. The van der Waals surface area contributed by atoms with Crippen LogP contribution >= 0.6 is 11.8 Å². The number of hydrogen-bond donors (Lipinski definition) is 1. The molecule has 3 heteroatoms. The molecule has 0 fully saturated rings. The molecule has 0 aromatic carbocycles. The molecule has 0 aliphatic heterocycles. The third-order valence-corrected chi connectivity index (χ3v) is 3.00. The number of rotatable bonds is 4. The summed E-state index contributed by atoms with van der Waals surface area (Å²) in [5.74, 6) is 0.634. The average Bonchev–Trinajstić information content (AvgIpc) is 2.19. The van der Waals surface area contributed by atoms with E-state index in [0.717, 1.165) is 10.7 Å². The summed E-state index contributed by atoms with van der Waals surface area (Å²) in [5.41, 5.74) is 1.10. The van der Waals surface area contributed by atoms with Crippen molar-refractivity contribution < 1.29 is 0 Å². The Morgan fingerprint density at radius 3 is 2.43 bits per heavy atom. The molecule has 1 atom stereocenters. The second-order valence-corrected chi connectivity index (χ2v) is 4.59. The fourth-order valence-corrected chi connectivity index (χ4v) is 1.38. The first-order valence-corrected chi connectivity index (χ1v) is 6.12. The van der Waals surface area contributed by atoms with E-state index in [1.54, 1.807) is 11.8 Å². The molecule has 1 aromatic rings. The van der Waals surface area contributed by atoms with E-state index >= 15 is 0 Å². The quantitative estimate of drug-likeness (QED) is 0.772. The predicted molar refractivity (Wildman–Crippen MR) is 63.9 cm³/mol. The summed E-state index contributed by atoms with van der Waals surface area (Å²) in [7, 11) is 0. The van der Waals surface area contributed by atoms with Gasteiger partial charge >= 0.3 is 0 Å². The maximum Gasteiger partial charge on any atom is 0.0958 e. The minimum Gasteiger partial charge on any atom is -0.381 e. The van der Waals surface area contributed by atoms with Crippen molar-refractivity contribution in [2.75, 3.05) is 11.6 Å². The monoisotopic (exact) mass is 210 g/mol. The number of nitrogens with zero attached hydrogens (tertiary/aromatic N) is 1. The van der Waals surface area contributed by atoms with Crippen molar-refractivity contribution >= 4 is 17.4 Å². The minimum absolute atomic E-state index is 0.483. The van der Waals surface area contributed by atoms with E-state index in [2.05, 4.69) is 37.1 Å². The van der Waals surface area contributed by atoms with Crippen LogP contribution in [0.4, 0.5) is 5.69 Å². The highest BCUT2D eigenvalue weighted by Crippen LogP contribution is 2.15. The van der Waals surface area contributed by atoms with Crippen LogP contribution in [0.25, 0.3) is 0 Å². The van der Waals surface area contributed by atoms with Gasteiger partial charge in [-0.25, -0.2) is 4.98 Å². The summed E-state index contributed by atoms with van der Waals surface area (Å²) in [6, 6.07) is 4.61. The molecule has 78 valence electrons. The highest BCUT2D eigenvalue weighted by Gasteiger charge is 2.06. The van der Waals surface area contributed by atoms with Crippen LogP contribution < -0.4 is 5.32 Å². The van der Waals surface area contributed by atoms with Crippen molar-refractivity contribution in [3.63, 3.8) is 0 Å². The van der Waals surface area contributed by atoms with Crippen LogP contribution in [0.5, 0.6) is 0 Å². The highest BCUT2D eigenvalue weighted by molar-refractivity contribution is 7.98. The van der Waals surface area contributed by atoms with Gasteiger partial charge in [0.2, 0.25) is 0 Å². The van der Waals surface area contributed by atoms with Gasteiger partial charge in [0.05, 0.1) is 16.9 Å². The van der Waals surface area contributed by atoms with Gasteiger partial charge in [-0.05, 0) is 31.2 Å². The SMILES string of the molecule is CSc1ccc(NC(C)C(C)C)cn1. The first-order chi connectivity index (χ1) is 6.63. The maximum atomic E-state index is 4.31. The maximum absolute atomic E-state index is 4.31. The van der Waals surface area contributed by atoms with Crippen molar-refractivity contribution in [3.05, 3.63) is 18.3 Å². The molecule has 0 aliphatic rings. The Balaban J connectivity index is 2.59. The molecular weight excluding hydrogens is 192 g/mol. The Bertz CT molecular complexity index is 269. The summed E-state index contributed by atoms with van der Waals surface area (Å²) in [5, 5.41) is 4.48. The van der Waals surface area contributed by atoms with Crippen LogP contribution in [0.2, 0.25) is 0 Å². The van der Waals surface area contributed by atoms with Crippen LogP contribution in [-0.2, 0) is 0 Å². The topological polar surface area (TPSA) is 24.9 Å². The second kappa shape index (κ2) is 5.25. The summed E-state index contributed by atoms with van der Waals surface area (Å²) < 4.78 is 0. The molecule has 14 heavy (non-hydrogen) atoms. The molecule has 1 N–H and O–H groups in total. The van der Waals surface area contributed by atoms with Crippen molar-refractivity contribution in [2.24, 2.45) is 5.92 Å². The molecule has 2 nitrogen and oxygen atoms in total. The molecule has 0 bridgehead atoms. The average molecular weight is 210 g/mol. The fraction of sp³-hybridized carbons (Fsp3) is 0.545. The summed E-state index contributed by atoms with van der Waals surface area (Å²) >= 11 is 1.66. The van der Waals surface area contributed by atoms with E-state index in [-0.39, 0.29) is 0 Å². The number of hydrogen-bond acceptors (Lipinski definition) is 3. The van der Waals surface area contributed by atoms with E-state index in [1.807, 2.05) is 18.5 Å². The van der Waals surface area contributed by atoms with Gasteiger partial charge in [-0.2, -0.15) is 0 Å². The van der Waals surface area contributed by atoms with E-state index in [9.17, 15) is 0 Å². The molecule has 0 aliphatic carbocycles. The summed E-state index contributed by atoms with van der Waals surface area (Å²) in [6.45, 7) is 6.61. The Morgan fingerprint density at radius 2 is 2.00 bits per heavy atom. The lowest BCUT2D eigenvalue weighted by atomic mass is 10.1. The van der Waals surface area contributed by atoms with Crippen molar-refractivity contribution in [1.29, 1.82) is 0 Å². The van der Waals surface area contributed by atoms with Crippen LogP contribution in [0.3, 0.4) is 0 Å². The molecule has 0 radical (unpaired) electrons. The van der Waals surface area contributed by atoms with Crippen LogP contribution in [0.15, 0.2) is 23.4 Å². The van der Waals surface area contributed by atoms with Gasteiger partial charge in [-0.15, -0.1) is 11.8 Å². The van der Waals surface area contributed by atoms with E-state index in [1.165, 1.54) is 0 Å². The van der Waals surface area contributed by atoms with Crippen LogP contribution in [-0.4, -0.2) is 17.3 Å². The van der Waals surface area contributed by atoms with Gasteiger partial charge in [0.25, 0.3) is 0 Å². The third-order valence-electron chi connectivity index (χ3n) is 2.34. The lowest BCUT2D eigenvalue weighted by Crippen LogP contribution is -2.21. The third kappa shape index (κ3) is 3.22. The van der Waals surface area contributed by atoms with Gasteiger partial charge in [0.15, 0.2) is 0 Å².